The number of imidazole rings is 1. The van der Waals surface area contributed by atoms with Crippen LogP contribution in [0.3, 0.4) is 0 Å². The molecule has 3 heterocycles. The Morgan fingerprint density at radius 2 is 1.75 bits per heavy atom. The zero-order valence-electron chi connectivity index (χ0n) is 18.0. The van der Waals surface area contributed by atoms with Gasteiger partial charge in [0.15, 0.2) is 5.65 Å². The molecule has 0 bridgehead atoms. The van der Waals surface area contributed by atoms with Crippen molar-refractivity contribution in [1.29, 1.82) is 0 Å². The number of benzene rings is 1. The average Bonchev–Trinajstić information content (AvgIpc) is 3.11. The van der Waals surface area contributed by atoms with Crippen LogP contribution in [0.15, 0.2) is 36.5 Å². The number of nitrogens with one attached hydrogen (secondary N) is 1. The van der Waals surface area contributed by atoms with E-state index in [9.17, 15) is 18.0 Å². The topological polar surface area (TPSA) is 66.3 Å². The number of halogens is 3. The van der Waals surface area contributed by atoms with Crippen LogP contribution in [0.1, 0.15) is 17.0 Å². The standard InChI is InChI=1S/C22H25F3N6O/c1-15-12-16(2)14-17(13-15)27-21(32)30-9-6-29(7-10-30)8-11-31-19-18(4-3-5-26-19)28-20(31)22(23,24)25/h3-5,12-14H,6-11H2,1-2H3,(H,27,32). The third-order valence-corrected chi connectivity index (χ3v) is 5.53. The van der Waals surface area contributed by atoms with Crippen molar-refractivity contribution in [3.05, 3.63) is 53.5 Å². The molecule has 170 valence electrons. The second-order valence-electron chi connectivity index (χ2n) is 8.07. The maximum absolute atomic E-state index is 13.4. The Hall–Kier alpha value is -3.14. The van der Waals surface area contributed by atoms with E-state index in [1.807, 2.05) is 32.0 Å². The van der Waals surface area contributed by atoms with Gasteiger partial charge in [-0.2, -0.15) is 13.2 Å². The molecule has 0 atom stereocenters. The molecule has 32 heavy (non-hydrogen) atoms. The van der Waals surface area contributed by atoms with E-state index in [0.717, 1.165) is 21.4 Å². The number of carbonyl (C=O) groups is 1. The summed E-state index contributed by atoms with van der Waals surface area (Å²) < 4.78 is 41.5. The van der Waals surface area contributed by atoms with Crippen molar-refractivity contribution in [1.82, 2.24) is 24.3 Å². The Labute approximate surface area is 183 Å². The first-order chi connectivity index (χ1) is 15.2. The molecule has 0 radical (unpaired) electrons. The van der Waals surface area contributed by atoms with Crippen molar-refractivity contribution in [2.75, 3.05) is 38.0 Å². The Morgan fingerprint density at radius 1 is 1.06 bits per heavy atom. The van der Waals surface area contributed by atoms with Gasteiger partial charge in [0.05, 0.1) is 0 Å². The minimum absolute atomic E-state index is 0.122. The predicted molar refractivity (Wildman–Crippen MR) is 115 cm³/mol. The number of hydrogen-bond acceptors (Lipinski definition) is 4. The third-order valence-electron chi connectivity index (χ3n) is 5.53. The number of pyridine rings is 1. The van der Waals surface area contributed by atoms with Crippen LogP contribution in [0.2, 0.25) is 0 Å². The quantitative estimate of drug-likeness (QED) is 0.660. The van der Waals surface area contributed by atoms with E-state index in [1.165, 1.54) is 12.3 Å². The average molecular weight is 446 g/mol. The predicted octanol–water partition coefficient (Wildman–Crippen LogP) is 3.92. The molecule has 0 unspecified atom stereocenters. The summed E-state index contributed by atoms with van der Waals surface area (Å²) in [5, 5.41) is 2.93. The molecule has 1 N–H and O–H groups in total. The fourth-order valence-corrected chi connectivity index (χ4v) is 4.05. The highest BCUT2D eigenvalue weighted by Crippen LogP contribution is 2.30. The normalized spacial score (nSPS) is 15.3. The van der Waals surface area contributed by atoms with Gasteiger partial charge in [0.25, 0.3) is 0 Å². The lowest BCUT2D eigenvalue weighted by atomic mass is 10.1. The second kappa shape index (κ2) is 8.78. The Kier molecular flexibility index (Phi) is 6.05. The van der Waals surface area contributed by atoms with Gasteiger partial charge in [0.1, 0.15) is 5.52 Å². The highest BCUT2D eigenvalue weighted by atomic mass is 19.4. The molecule has 1 aliphatic heterocycles. The van der Waals surface area contributed by atoms with Crippen LogP contribution in [-0.4, -0.2) is 63.1 Å². The molecule has 10 heteroatoms. The number of piperazine rings is 1. The van der Waals surface area contributed by atoms with Crippen molar-refractivity contribution in [3.8, 4) is 0 Å². The number of rotatable bonds is 4. The number of urea groups is 1. The van der Waals surface area contributed by atoms with Gasteiger partial charge in [0.2, 0.25) is 5.82 Å². The Balaban J connectivity index is 1.35. The monoisotopic (exact) mass is 446 g/mol. The molecule has 4 rings (SSSR count). The number of alkyl halides is 3. The van der Waals surface area contributed by atoms with Crippen molar-refractivity contribution < 1.29 is 18.0 Å². The van der Waals surface area contributed by atoms with E-state index in [0.29, 0.717) is 32.7 Å². The maximum Gasteiger partial charge on any atom is 0.449 e. The van der Waals surface area contributed by atoms with E-state index in [4.69, 9.17) is 0 Å². The zero-order valence-corrected chi connectivity index (χ0v) is 18.0. The van der Waals surface area contributed by atoms with E-state index >= 15 is 0 Å². The van der Waals surface area contributed by atoms with E-state index in [1.54, 1.807) is 11.0 Å². The molecule has 1 saturated heterocycles. The van der Waals surface area contributed by atoms with Gasteiger partial charge in [-0.3, -0.25) is 4.90 Å². The van der Waals surface area contributed by atoms with Crippen LogP contribution >= 0.6 is 0 Å². The van der Waals surface area contributed by atoms with Crippen molar-refractivity contribution >= 4 is 22.9 Å². The minimum atomic E-state index is -4.55. The number of hydrogen-bond donors (Lipinski definition) is 1. The number of fused-ring (bicyclic) bond motifs is 1. The largest absolute Gasteiger partial charge is 0.449 e. The summed E-state index contributed by atoms with van der Waals surface area (Å²) in [6.45, 7) is 6.67. The van der Waals surface area contributed by atoms with Crippen LogP contribution in [0.4, 0.5) is 23.7 Å². The molecule has 7 nitrogen and oxygen atoms in total. The molecule has 0 saturated carbocycles. The molecule has 2 aromatic heterocycles. The summed E-state index contributed by atoms with van der Waals surface area (Å²) in [7, 11) is 0. The van der Waals surface area contributed by atoms with Crippen molar-refractivity contribution in [2.24, 2.45) is 0 Å². The number of carbonyl (C=O) groups excluding carboxylic acids is 1. The fourth-order valence-electron chi connectivity index (χ4n) is 4.05. The smallest absolute Gasteiger partial charge is 0.322 e. The zero-order chi connectivity index (χ0) is 22.9. The summed E-state index contributed by atoms with van der Waals surface area (Å²) in [6.07, 6.45) is -3.08. The number of amides is 2. The van der Waals surface area contributed by atoms with Crippen LogP contribution < -0.4 is 5.32 Å². The lowest BCUT2D eigenvalue weighted by Crippen LogP contribution is -2.50. The molecule has 0 aliphatic carbocycles. The fraction of sp³-hybridized carbons (Fsp3) is 0.409. The molecule has 1 aliphatic rings. The molecule has 1 fully saturated rings. The molecule has 0 spiro atoms. The highest BCUT2D eigenvalue weighted by Gasteiger charge is 2.38. The van der Waals surface area contributed by atoms with Gasteiger partial charge >= 0.3 is 12.2 Å². The van der Waals surface area contributed by atoms with Crippen LogP contribution in [0.5, 0.6) is 0 Å². The molecular weight excluding hydrogens is 421 g/mol. The lowest BCUT2D eigenvalue weighted by molar-refractivity contribution is -0.147. The van der Waals surface area contributed by atoms with Gasteiger partial charge in [0, 0.05) is 51.2 Å². The number of anilines is 1. The number of aromatic nitrogens is 3. The lowest BCUT2D eigenvalue weighted by Gasteiger charge is -2.34. The van der Waals surface area contributed by atoms with Gasteiger partial charge in [-0.25, -0.2) is 14.8 Å². The number of aryl methyl sites for hydroxylation is 2. The van der Waals surface area contributed by atoms with Gasteiger partial charge in [-0.05, 0) is 49.2 Å². The third kappa shape index (κ3) is 4.85. The summed E-state index contributed by atoms with van der Waals surface area (Å²) in [6, 6.07) is 8.81. The second-order valence-corrected chi connectivity index (χ2v) is 8.07. The first kappa shape index (κ1) is 22.1. The Bertz CT molecular complexity index is 1100. The summed E-state index contributed by atoms with van der Waals surface area (Å²) in [4.78, 5) is 24.2. The molecule has 2 amide bonds. The number of nitrogens with zero attached hydrogens (tertiary/aromatic N) is 5. The first-order valence-corrected chi connectivity index (χ1v) is 10.5. The molecular formula is C22H25F3N6O. The van der Waals surface area contributed by atoms with Crippen molar-refractivity contribution in [2.45, 2.75) is 26.6 Å². The maximum atomic E-state index is 13.4. The summed E-state index contributed by atoms with van der Waals surface area (Å²) in [5.41, 5.74) is 3.36. The summed E-state index contributed by atoms with van der Waals surface area (Å²) >= 11 is 0. The SMILES string of the molecule is Cc1cc(C)cc(NC(=O)N2CCN(CCn3c(C(F)(F)F)nc4cccnc43)CC2)c1. The first-order valence-electron chi connectivity index (χ1n) is 10.5. The van der Waals surface area contributed by atoms with Crippen molar-refractivity contribution in [3.63, 3.8) is 0 Å². The van der Waals surface area contributed by atoms with Gasteiger partial charge < -0.3 is 14.8 Å². The van der Waals surface area contributed by atoms with E-state index in [2.05, 4.69) is 20.2 Å². The van der Waals surface area contributed by atoms with Crippen LogP contribution in [0, 0.1) is 13.8 Å². The highest BCUT2D eigenvalue weighted by molar-refractivity contribution is 5.89. The van der Waals surface area contributed by atoms with Crippen LogP contribution in [-0.2, 0) is 12.7 Å². The Morgan fingerprint density at radius 3 is 2.41 bits per heavy atom. The molecule has 1 aromatic carbocycles. The minimum Gasteiger partial charge on any atom is -0.322 e. The van der Waals surface area contributed by atoms with E-state index < -0.39 is 12.0 Å². The summed E-state index contributed by atoms with van der Waals surface area (Å²) in [5.74, 6) is -0.933. The molecule has 3 aromatic rings. The van der Waals surface area contributed by atoms with Gasteiger partial charge in [-0.1, -0.05) is 6.07 Å². The van der Waals surface area contributed by atoms with Crippen LogP contribution in [0.25, 0.3) is 11.2 Å². The van der Waals surface area contributed by atoms with E-state index in [-0.39, 0.29) is 23.7 Å². The van der Waals surface area contributed by atoms with Gasteiger partial charge in [-0.15, -0.1) is 0 Å².